The number of carbonyl (C=O) groups is 1. The van der Waals surface area contributed by atoms with Crippen LogP contribution < -0.4 is 4.74 Å². The van der Waals surface area contributed by atoms with Crippen molar-refractivity contribution in [2.75, 3.05) is 13.1 Å². The van der Waals surface area contributed by atoms with Gasteiger partial charge in [0.1, 0.15) is 17.4 Å². The van der Waals surface area contributed by atoms with Crippen molar-refractivity contribution in [3.8, 4) is 5.19 Å². The summed E-state index contributed by atoms with van der Waals surface area (Å²) in [5.41, 5.74) is 0.712. The second kappa shape index (κ2) is 8.60. The number of hydrogen-bond acceptors (Lipinski definition) is 4. The van der Waals surface area contributed by atoms with E-state index in [1.54, 1.807) is 0 Å². The highest BCUT2D eigenvalue weighted by Gasteiger charge is 2.45. The molecule has 0 radical (unpaired) electrons. The molecule has 1 saturated heterocycles. The van der Waals surface area contributed by atoms with Crippen molar-refractivity contribution >= 4 is 39.1 Å². The van der Waals surface area contributed by atoms with E-state index in [-0.39, 0.29) is 17.5 Å². The summed E-state index contributed by atoms with van der Waals surface area (Å²) in [6, 6.07) is 9.78. The van der Waals surface area contributed by atoms with E-state index in [9.17, 15) is 13.6 Å². The molecule has 0 atom stereocenters. The van der Waals surface area contributed by atoms with E-state index in [2.05, 4.69) is 4.98 Å². The first-order chi connectivity index (χ1) is 15.4. The number of rotatable bonds is 4. The maximum atomic E-state index is 13.9. The normalized spacial score (nSPS) is 18.9. The molecule has 2 heterocycles. The third-order valence-corrected chi connectivity index (χ3v) is 7.80. The number of likely N-dealkylation sites (tertiary alicyclic amines) is 1. The van der Waals surface area contributed by atoms with Crippen molar-refractivity contribution in [3.63, 3.8) is 0 Å². The number of aromatic nitrogens is 1. The Morgan fingerprint density at radius 1 is 1.12 bits per heavy atom. The molecule has 1 saturated carbocycles. The molecule has 0 N–H and O–H groups in total. The second-order valence-electron chi connectivity index (χ2n) is 8.62. The van der Waals surface area contributed by atoms with Gasteiger partial charge in [0.15, 0.2) is 5.82 Å². The molecular formula is C24H23ClF2N2O2S. The molecule has 2 aliphatic rings. The van der Waals surface area contributed by atoms with Crippen LogP contribution in [0.5, 0.6) is 5.19 Å². The molecule has 2 fully saturated rings. The van der Waals surface area contributed by atoms with Gasteiger partial charge in [0.2, 0.25) is 5.91 Å². The van der Waals surface area contributed by atoms with Gasteiger partial charge in [0.25, 0.3) is 5.19 Å². The molecule has 0 spiro atoms. The van der Waals surface area contributed by atoms with Gasteiger partial charge < -0.3 is 9.64 Å². The molecule has 0 bridgehead atoms. The number of thiazole rings is 1. The van der Waals surface area contributed by atoms with E-state index < -0.39 is 17.0 Å². The van der Waals surface area contributed by atoms with Crippen LogP contribution in [0.2, 0.25) is 5.02 Å². The Kier molecular flexibility index (Phi) is 5.80. The molecule has 4 nitrogen and oxygen atoms in total. The van der Waals surface area contributed by atoms with Gasteiger partial charge in [-0.3, -0.25) is 4.79 Å². The Morgan fingerprint density at radius 3 is 2.50 bits per heavy atom. The van der Waals surface area contributed by atoms with E-state index in [1.165, 1.54) is 6.07 Å². The summed E-state index contributed by atoms with van der Waals surface area (Å²) in [4.78, 5) is 19.8. The van der Waals surface area contributed by atoms with E-state index in [4.69, 9.17) is 16.3 Å². The predicted octanol–water partition coefficient (Wildman–Crippen LogP) is 6.11. The first-order valence-corrected chi connectivity index (χ1v) is 12.1. The summed E-state index contributed by atoms with van der Waals surface area (Å²) in [6.45, 7) is 1.21. The fourth-order valence-corrected chi connectivity index (χ4v) is 6.03. The standard InChI is InChI=1S/C24H23ClF2N2O2S/c25-16-5-3-15(4-6-16)24(9-1-2-10-24)22(30)29-11-7-18(8-12-29)31-23-28-21-19(27)13-17(26)14-20(21)32-23/h3-6,13-14,18H,1-2,7-12H2. The lowest BCUT2D eigenvalue weighted by Gasteiger charge is -2.38. The molecule has 1 amide bonds. The second-order valence-corrected chi connectivity index (χ2v) is 10.0. The number of fused-ring (bicyclic) bond motifs is 1. The number of hydrogen-bond donors (Lipinski definition) is 0. The van der Waals surface area contributed by atoms with Gasteiger partial charge in [-0.1, -0.05) is 47.9 Å². The highest BCUT2D eigenvalue weighted by atomic mass is 35.5. The number of benzene rings is 2. The lowest BCUT2D eigenvalue weighted by molar-refractivity contribution is -0.139. The van der Waals surface area contributed by atoms with E-state index in [1.807, 2.05) is 29.2 Å². The van der Waals surface area contributed by atoms with Gasteiger partial charge in [-0.15, -0.1) is 0 Å². The first kappa shape index (κ1) is 21.6. The van der Waals surface area contributed by atoms with Crippen LogP contribution in [0.4, 0.5) is 8.78 Å². The van der Waals surface area contributed by atoms with Crippen molar-refractivity contribution in [1.29, 1.82) is 0 Å². The zero-order chi connectivity index (χ0) is 22.3. The topological polar surface area (TPSA) is 42.4 Å². The van der Waals surface area contributed by atoms with E-state index in [0.717, 1.165) is 48.6 Å². The minimum Gasteiger partial charge on any atom is -0.467 e. The van der Waals surface area contributed by atoms with Gasteiger partial charge in [0, 0.05) is 37.0 Å². The van der Waals surface area contributed by atoms with Crippen LogP contribution in [-0.4, -0.2) is 35.0 Å². The molecule has 8 heteroatoms. The number of piperidine rings is 1. The summed E-state index contributed by atoms with van der Waals surface area (Å²) in [6.07, 6.45) is 5.05. The van der Waals surface area contributed by atoms with Gasteiger partial charge in [-0.2, -0.15) is 4.98 Å². The first-order valence-electron chi connectivity index (χ1n) is 10.9. The van der Waals surface area contributed by atoms with E-state index >= 15 is 0 Å². The Morgan fingerprint density at radius 2 is 1.81 bits per heavy atom. The lowest BCUT2D eigenvalue weighted by Crippen LogP contribution is -2.50. The average Bonchev–Trinajstić information content (AvgIpc) is 3.42. The zero-order valence-corrected chi connectivity index (χ0v) is 19.0. The van der Waals surface area contributed by atoms with Crippen molar-refractivity contribution < 1.29 is 18.3 Å². The smallest absolute Gasteiger partial charge is 0.274 e. The Labute approximate surface area is 194 Å². The monoisotopic (exact) mass is 476 g/mol. The number of nitrogens with zero attached hydrogens (tertiary/aromatic N) is 2. The minimum atomic E-state index is -0.685. The summed E-state index contributed by atoms with van der Waals surface area (Å²) < 4.78 is 33.8. The van der Waals surface area contributed by atoms with E-state index in [0.29, 0.717) is 40.8 Å². The molecule has 5 rings (SSSR count). The summed E-state index contributed by atoms with van der Waals surface area (Å²) in [7, 11) is 0. The fourth-order valence-electron chi connectivity index (χ4n) is 4.98. The van der Waals surface area contributed by atoms with Crippen LogP contribution in [0.1, 0.15) is 44.1 Å². The Balaban J connectivity index is 1.26. The molecule has 1 aromatic heterocycles. The molecule has 3 aromatic rings. The van der Waals surface area contributed by atoms with Crippen LogP contribution in [0.15, 0.2) is 36.4 Å². The van der Waals surface area contributed by atoms with Gasteiger partial charge in [0.05, 0.1) is 10.1 Å². The van der Waals surface area contributed by atoms with Gasteiger partial charge in [-0.25, -0.2) is 8.78 Å². The Hall–Kier alpha value is -2.25. The molecule has 0 unspecified atom stereocenters. The average molecular weight is 477 g/mol. The third-order valence-electron chi connectivity index (χ3n) is 6.65. The maximum absolute atomic E-state index is 13.9. The minimum absolute atomic E-state index is 0.109. The molecule has 1 aliphatic carbocycles. The van der Waals surface area contributed by atoms with Crippen LogP contribution >= 0.6 is 22.9 Å². The van der Waals surface area contributed by atoms with Gasteiger partial charge >= 0.3 is 0 Å². The van der Waals surface area contributed by atoms with Crippen LogP contribution in [0, 0.1) is 11.6 Å². The quantitative estimate of drug-likeness (QED) is 0.456. The maximum Gasteiger partial charge on any atom is 0.274 e. The van der Waals surface area contributed by atoms with Crippen molar-refractivity contribution in [3.05, 3.63) is 58.6 Å². The zero-order valence-electron chi connectivity index (χ0n) is 17.5. The van der Waals surface area contributed by atoms with Crippen molar-refractivity contribution in [2.45, 2.75) is 50.0 Å². The molecule has 2 aromatic carbocycles. The lowest BCUT2D eigenvalue weighted by atomic mass is 9.77. The number of amides is 1. The highest BCUT2D eigenvalue weighted by Crippen LogP contribution is 2.43. The predicted molar refractivity (Wildman–Crippen MR) is 121 cm³/mol. The third kappa shape index (κ3) is 3.97. The van der Waals surface area contributed by atoms with Crippen LogP contribution in [0.3, 0.4) is 0 Å². The summed E-state index contributed by atoms with van der Waals surface area (Å²) in [5.74, 6) is -1.12. The molecule has 168 valence electrons. The summed E-state index contributed by atoms with van der Waals surface area (Å²) in [5, 5.41) is 1.01. The number of halogens is 3. The Bertz CT molecular complexity index is 1140. The van der Waals surface area contributed by atoms with Crippen molar-refractivity contribution in [2.24, 2.45) is 0 Å². The molecular weight excluding hydrogens is 454 g/mol. The largest absolute Gasteiger partial charge is 0.467 e. The molecule has 32 heavy (non-hydrogen) atoms. The van der Waals surface area contributed by atoms with Gasteiger partial charge in [-0.05, 0) is 36.6 Å². The SMILES string of the molecule is O=C(N1CCC(Oc2nc3c(F)cc(F)cc3s2)CC1)C1(c2ccc(Cl)cc2)CCCC1. The van der Waals surface area contributed by atoms with Crippen molar-refractivity contribution in [1.82, 2.24) is 9.88 Å². The molecule has 1 aliphatic heterocycles. The highest BCUT2D eigenvalue weighted by molar-refractivity contribution is 7.20. The summed E-state index contributed by atoms with van der Waals surface area (Å²) >= 11 is 7.20. The van der Waals surface area contributed by atoms with Crippen LogP contribution in [-0.2, 0) is 10.2 Å². The number of carbonyl (C=O) groups excluding carboxylic acids is 1. The number of ether oxygens (including phenoxy) is 1. The van der Waals surface area contributed by atoms with Crippen LogP contribution in [0.25, 0.3) is 10.2 Å². The fraction of sp³-hybridized carbons (Fsp3) is 0.417.